The van der Waals surface area contributed by atoms with Crippen molar-refractivity contribution in [2.75, 3.05) is 29.6 Å². The first kappa shape index (κ1) is 9.25. The number of nitroso groups, excluding NO2 is 1. The molecule has 0 unspecified atom stereocenters. The Morgan fingerprint density at radius 3 is 3.14 bits per heavy atom. The van der Waals surface area contributed by atoms with Gasteiger partial charge in [0.1, 0.15) is 5.88 Å². The second kappa shape index (κ2) is 4.27. The summed E-state index contributed by atoms with van der Waals surface area (Å²) in [6.07, 6.45) is 1.54. The van der Waals surface area contributed by atoms with Gasteiger partial charge in [-0.2, -0.15) is 21.7 Å². The zero-order chi connectivity index (χ0) is 9.80. The van der Waals surface area contributed by atoms with Crippen molar-refractivity contribution in [1.29, 1.82) is 0 Å². The van der Waals surface area contributed by atoms with Crippen LogP contribution in [0, 0.1) is 4.91 Å². The molecule has 2 heterocycles. The maximum absolute atomic E-state index is 9.83. The predicted octanol–water partition coefficient (Wildman–Crippen LogP) is 0.333. The monoisotopic (exact) mass is 215 g/mol. The molecule has 2 rings (SSSR count). The first-order chi connectivity index (χ1) is 6.90. The lowest BCUT2D eigenvalue weighted by Gasteiger charge is -2.17. The average Bonchev–Trinajstić information content (AvgIpc) is 2.68. The van der Waals surface area contributed by atoms with Gasteiger partial charge in [0, 0.05) is 11.5 Å². The van der Waals surface area contributed by atoms with E-state index in [1.165, 1.54) is 6.20 Å². The van der Waals surface area contributed by atoms with Crippen molar-refractivity contribution < 1.29 is 9.31 Å². The molecule has 76 valence electrons. The van der Waals surface area contributed by atoms with E-state index in [-0.39, 0.29) is 5.88 Å². The number of rotatable bonds is 3. The van der Waals surface area contributed by atoms with Crippen molar-refractivity contribution in [3.63, 3.8) is 0 Å². The molecular weight excluding hydrogens is 206 g/mol. The summed E-state index contributed by atoms with van der Waals surface area (Å²) in [5, 5.41) is 8.11. The Morgan fingerprint density at radius 1 is 1.64 bits per heavy atom. The van der Waals surface area contributed by atoms with Gasteiger partial charge in [0.05, 0.1) is 17.9 Å². The van der Waals surface area contributed by atoms with Crippen LogP contribution in [0.3, 0.4) is 0 Å². The number of aromatic nitrogens is 2. The van der Waals surface area contributed by atoms with Crippen LogP contribution in [0.4, 0.5) is 5.88 Å². The second-order valence-electron chi connectivity index (χ2n) is 2.71. The Kier molecular flexibility index (Phi) is 2.82. The van der Waals surface area contributed by atoms with E-state index < -0.39 is 0 Å². The Hall–Kier alpha value is -1.31. The molecule has 0 aromatic carbocycles. The Bertz CT molecular complexity index is 311. The molecule has 0 radical (unpaired) electrons. The van der Waals surface area contributed by atoms with E-state index in [2.05, 4.69) is 16.0 Å². The summed E-state index contributed by atoms with van der Waals surface area (Å²) in [5.74, 6) is 2.26. The van der Waals surface area contributed by atoms with Crippen LogP contribution in [0.2, 0.25) is 0 Å². The van der Waals surface area contributed by atoms with Gasteiger partial charge in [-0.3, -0.25) is 0 Å². The first-order valence-corrected chi connectivity index (χ1v) is 5.30. The molecule has 1 aromatic heterocycles. The number of thioether (sulfide) groups is 1. The van der Waals surface area contributed by atoms with E-state index in [0.717, 1.165) is 24.6 Å². The summed E-state index contributed by atoms with van der Waals surface area (Å²) in [5.41, 5.74) is 3.21. The SMILES string of the molecule is O=N[N-]c1c[n+](N2CCSCC2)no1. The predicted molar refractivity (Wildman–Crippen MR) is 50.8 cm³/mol. The molecule has 0 N–H and O–H groups in total. The molecule has 0 amide bonds. The standard InChI is InChI=1S/C6H9N5O2S/c12-8-7-6-5-11(9-13-6)10-1-3-14-4-2-10/h5H,1-4H2. The highest BCUT2D eigenvalue weighted by Crippen LogP contribution is 2.13. The lowest BCUT2D eigenvalue weighted by molar-refractivity contribution is -0.757. The molecular formula is C6H9N5O2S. The van der Waals surface area contributed by atoms with Crippen LogP contribution >= 0.6 is 11.8 Å². The van der Waals surface area contributed by atoms with Crippen LogP contribution in [-0.2, 0) is 0 Å². The largest absolute Gasteiger partial charge is 0.498 e. The normalized spacial score (nSPS) is 16.7. The summed E-state index contributed by atoms with van der Waals surface area (Å²) in [7, 11) is 0. The molecule has 0 saturated carbocycles. The van der Waals surface area contributed by atoms with Crippen molar-refractivity contribution >= 4 is 17.6 Å². The summed E-state index contributed by atoms with van der Waals surface area (Å²) in [4.78, 5) is 11.4. The summed E-state index contributed by atoms with van der Waals surface area (Å²) >= 11 is 1.91. The van der Waals surface area contributed by atoms with Crippen LogP contribution < -0.4 is 9.80 Å². The van der Waals surface area contributed by atoms with Crippen LogP contribution in [0.1, 0.15) is 0 Å². The van der Waals surface area contributed by atoms with E-state index in [0.29, 0.717) is 0 Å². The molecule has 1 aliphatic rings. The van der Waals surface area contributed by atoms with Gasteiger partial charge in [0.25, 0.3) is 6.20 Å². The van der Waals surface area contributed by atoms with Gasteiger partial charge in [0.2, 0.25) is 5.27 Å². The van der Waals surface area contributed by atoms with Gasteiger partial charge in [0.15, 0.2) is 0 Å². The van der Waals surface area contributed by atoms with Gasteiger partial charge in [-0.1, -0.05) is 0 Å². The Morgan fingerprint density at radius 2 is 2.43 bits per heavy atom. The minimum atomic E-state index is 0.123. The van der Waals surface area contributed by atoms with Crippen molar-refractivity contribution in [2.45, 2.75) is 0 Å². The molecule has 7 nitrogen and oxygen atoms in total. The fourth-order valence-corrected chi connectivity index (χ4v) is 2.09. The Balaban J connectivity index is 2.03. The van der Waals surface area contributed by atoms with Gasteiger partial charge in [-0.25, -0.2) is 0 Å². The highest BCUT2D eigenvalue weighted by molar-refractivity contribution is 7.99. The molecule has 14 heavy (non-hydrogen) atoms. The van der Waals surface area contributed by atoms with E-state index in [4.69, 9.17) is 4.52 Å². The van der Waals surface area contributed by atoms with Crippen LogP contribution in [0.15, 0.2) is 16.0 Å². The van der Waals surface area contributed by atoms with Crippen molar-refractivity contribution in [1.82, 2.24) is 5.27 Å². The molecule has 1 aliphatic heterocycles. The smallest absolute Gasteiger partial charge is 0.258 e. The molecule has 0 bridgehead atoms. The van der Waals surface area contributed by atoms with E-state index in [1.807, 2.05) is 16.8 Å². The van der Waals surface area contributed by atoms with Crippen molar-refractivity contribution in [3.05, 3.63) is 16.5 Å². The van der Waals surface area contributed by atoms with Gasteiger partial charge in [-0.15, -0.1) is 5.29 Å². The third-order valence-electron chi connectivity index (χ3n) is 1.86. The maximum Gasteiger partial charge on any atom is 0.258 e. The highest BCUT2D eigenvalue weighted by atomic mass is 32.2. The molecule has 1 fully saturated rings. The van der Waals surface area contributed by atoms with E-state index in [1.54, 1.807) is 4.79 Å². The average molecular weight is 215 g/mol. The second-order valence-corrected chi connectivity index (χ2v) is 3.93. The van der Waals surface area contributed by atoms with Gasteiger partial charge in [-0.05, 0) is 0 Å². The molecule has 0 spiro atoms. The fourth-order valence-electron chi connectivity index (χ4n) is 1.21. The topological polar surface area (TPSA) is 76.7 Å². The number of nitrogens with zero attached hydrogens (tertiary/aromatic N) is 5. The summed E-state index contributed by atoms with van der Waals surface area (Å²) in [6.45, 7) is 1.83. The van der Waals surface area contributed by atoms with Crippen LogP contribution in [-0.4, -0.2) is 29.9 Å². The van der Waals surface area contributed by atoms with Crippen LogP contribution in [0.5, 0.6) is 0 Å². The minimum absolute atomic E-state index is 0.123. The zero-order valence-corrected chi connectivity index (χ0v) is 8.18. The van der Waals surface area contributed by atoms with Crippen molar-refractivity contribution in [2.24, 2.45) is 5.29 Å². The third kappa shape index (κ3) is 1.95. The number of hydrogen-bond donors (Lipinski definition) is 0. The van der Waals surface area contributed by atoms with Gasteiger partial charge < -0.3 is 9.95 Å². The van der Waals surface area contributed by atoms with Crippen LogP contribution in [0.25, 0.3) is 5.43 Å². The first-order valence-electron chi connectivity index (χ1n) is 4.15. The molecule has 8 heteroatoms. The molecule has 0 atom stereocenters. The summed E-state index contributed by atoms with van der Waals surface area (Å²) in [6, 6.07) is 0. The highest BCUT2D eigenvalue weighted by Gasteiger charge is 2.20. The molecule has 1 aromatic rings. The van der Waals surface area contributed by atoms with E-state index >= 15 is 0 Å². The zero-order valence-electron chi connectivity index (χ0n) is 7.37. The quantitative estimate of drug-likeness (QED) is 0.412. The summed E-state index contributed by atoms with van der Waals surface area (Å²) < 4.78 is 4.76. The fraction of sp³-hybridized carbons (Fsp3) is 0.667. The molecule has 1 saturated heterocycles. The Labute approximate surface area is 84.3 Å². The lowest BCUT2D eigenvalue weighted by Crippen LogP contribution is -2.61. The number of hydrogen-bond acceptors (Lipinski definition) is 6. The van der Waals surface area contributed by atoms with Crippen molar-refractivity contribution in [3.8, 4) is 0 Å². The molecule has 0 aliphatic carbocycles. The van der Waals surface area contributed by atoms with E-state index in [9.17, 15) is 4.91 Å². The third-order valence-corrected chi connectivity index (χ3v) is 2.80. The lowest BCUT2D eigenvalue weighted by atomic mass is 10.6. The minimum Gasteiger partial charge on any atom is -0.498 e. The van der Waals surface area contributed by atoms with Gasteiger partial charge >= 0.3 is 0 Å². The maximum atomic E-state index is 9.83.